The molecule has 0 fully saturated rings. The van der Waals surface area contributed by atoms with E-state index >= 15 is 0 Å². The molecule has 0 radical (unpaired) electrons. The molecule has 1 rings (SSSR count). The Morgan fingerprint density at radius 1 is 1.29 bits per heavy atom. The van der Waals surface area contributed by atoms with Crippen molar-refractivity contribution in [1.29, 1.82) is 0 Å². The predicted molar refractivity (Wildman–Crippen MR) is 85.1 cm³/mol. The quantitative estimate of drug-likeness (QED) is 0.794. The second-order valence-electron chi connectivity index (χ2n) is 4.77. The zero-order valence-corrected chi connectivity index (χ0v) is 13.9. The lowest BCUT2D eigenvalue weighted by molar-refractivity contribution is -0.125. The van der Waals surface area contributed by atoms with E-state index < -0.39 is 0 Å². The van der Waals surface area contributed by atoms with Crippen LogP contribution in [-0.4, -0.2) is 19.6 Å². The van der Waals surface area contributed by atoms with Gasteiger partial charge in [0.15, 0.2) is 11.5 Å². The molecule has 0 spiro atoms. The molecule has 1 N–H and O–H groups in total. The van der Waals surface area contributed by atoms with Gasteiger partial charge in [-0.25, -0.2) is 0 Å². The summed E-state index contributed by atoms with van der Waals surface area (Å²) in [5, 5.41) is 3.43. The van der Waals surface area contributed by atoms with Crippen LogP contribution in [0.3, 0.4) is 0 Å². The van der Waals surface area contributed by atoms with Crippen LogP contribution in [0.5, 0.6) is 11.5 Å². The molecule has 21 heavy (non-hydrogen) atoms. The van der Waals surface area contributed by atoms with Gasteiger partial charge in [0.2, 0.25) is 5.91 Å². The van der Waals surface area contributed by atoms with Gasteiger partial charge in [-0.1, -0.05) is 25.4 Å². The smallest absolute Gasteiger partial charge is 0.223 e. The molecule has 0 aliphatic heterocycles. The number of ether oxygens (including phenoxy) is 2. The van der Waals surface area contributed by atoms with E-state index in [4.69, 9.17) is 21.1 Å². The standard InChI is InChI=1S/C16H24ClNO3/c1-5-12(6-2)16(19)18-10-11-8-13(17)15(21-7-3)14(9-11)20-4/h8-9,12H,5-7,10H2,1-4H3,(H,18,19). The van der Waals surface area contributed by atoms with Gasteiger partial charge in [-0.05, 0) is 37.5 Å². The van der Waals surface area contributed by atoms with Gasteiger partial charge in [-0.3, -0.25) is 4.79 Å². The predicted octanol–water partition coefficient (Wildman–Crippen LogP) is 3.80. The van der Waals surface area contributed by atoms with E-state index in [9.17, 15) is 4.79 Å². The zero-order chi connectivity index (χ0) is 15.8. The fourth-order valence-electron chi connectivity index (χ4n) is 2.15. The molecule has 0 unspecified atom stereocenters. The topological polar surface area (TPSA) is 47.6 Å². The van der Waals surface area contributed by atoms with Crippen molar-refractivity contribution in [1.82, 2.24) is 5.32 Å². The molecule has 0 saturated carbocycles. The zero-order valence-electron chi connectivity index (χ0n) is 13.2. The minimum Gasteiger partial charge on any atom is -0.493 e. The summed E-state index contributed by atoms with van der Waals surface area (Å²) in [6.07, 6.45) is 1.69. The van der Waals surface area contributed by atoms with Crippen LogP contribution in [0.2, 0.25) is 5.02 Å². The first-order valence-electron chi connectivity index (χ1n) is 7.34. The summed E-state index contributed by atoms with van der Waals surface area (Å²) in [5.74, 6) is 1.25. The Kier molecular flexibility index (Phi) is 7.37. The highest BCUT2D eigenvalue weighted by Crippen LogP contribution is 2.36. The van der Waals surface area contributed by atoms with Crippen molar-refractivity contribution in [2.24, 2.45) is 5.92 Å². The molecule has 0 aliphatic rings. The van der Waals surface area contributed by atoms with Crippen LogP contribution in [0.1, 0.15) is 39.2 Å². The number of nitrogens with one attached hydrogen (secondary N) is 1. The van der Waals surface area contributed by atoms with Gasteiger partial charge in [-0.2, -0.15) is 0 Å². The number of halogens is 1. The molecule has 0 bridgehead atoms. The van der Waals surface area contributed by atoms with Gasteiger partial charge >= 0.3 is 0 Å². The summed E-state index contributed by atoms with van der Waals surface area (Å²) in [7, 11) is 1.57. The van der Waals surface area contributed by atoms with E-state index in [-0.39, 0.29) is 11.8 Å². The number of carbonyl (C=O) groups excluding carboxylic acids is 1. The number of methoxy groups -OCH3 is 1. The van der Waals surface area contributed by atoms with Gasteiger partial charge in [0, 0.05) is 12.5 Å². The monoisotopic (exact) mass is 313 g/mol. The molecular formula is C16H24ClNO3. The Balaban J connectivity index is 2.81. The maximum atomic E-state index is 12.0. The maximum absolute atomic E-state index is 12.0. The summed E-state index contributed by atoms with van der Waals surface area (Å²) in [5.41, 5.74) is 0.889. The highest BCUT2D eigenvalue weighted by Gasteiger charge is 2.15. The van der Waals surface area contributed by atoms with Gasteiger partial charge in [0.1, 0.15) is 0 Å². The molecular weight excluding hydrogens is 290 g/mol. The number of hydrogen-bond donors (Lipinski definition) is 1. The van der Waals surface area contributed by atoms with E-state index in [1.165, 1.54) is 0 Å². The second-order valence-corrected chi connectivity index (χ2v) is 5.18. The van der Waals surface area contributed by atoms with E-state index in [1.807, 2.05) is 26.8 Å². The molecule has 0 heterocycles. The SMILES string of the molecule is CCOc1c(Cl)cc(CNC(=O)C(CC)CC)cc1OC. The van der Waals surface area contributed by atoms with Crippen molar-refractivity contribution in [3.05, 3.63) is 22.7 Å². The van der Waals surface area contributed by atoms with E-state index in [2.05, 4.69) is 5.32 Å². The van der Waals surface area contributed by atoms with Crippen molar-refractivity contribution in [2.45, 2.75) is 40.2 Å². The van der Waals surface area contributed by atoms with Crippen molar-refractivity contribution in [3.63, 3.8) is 0 Å². The third-order valence-electron chi connectivity index (χ3n) is 3.40. The molecule has 1 amide bonds. The average molecular weight is 314 g/mol. The Bertz CT molecular complexity index is 473. The van der Waals surface area contributed by atoms with Gasteiger partial charge < -0.3 is 14.8 Å². The number of benzene rings is 1. The lowest BCUT2D eigenvalue weighted by Crippen LogP contribution is -2.29. The third-order valence-corrected chi connectivity index (χ3v) is 3.68. The average Bonchev–Trinajstić information content (AvgIpc) is 2.48. The molecule has 0 saturated heterocycles. The van der Waals surface area contributed by atoms with E-state index in [1.54, 1.807) is 13.2 Å². The van der Waals surface area contributed by atoms with Gasteiger partial charge in [0.05, 0.1) is 18.7 Å². The maximum Gasteiger partial charge on any atom is 0.223 e. The number of hydrogen-bond acceptors (Lipinski definition) is 3. The third kappa shape index (κ3) is 4.81. The Morgan fingerprint density at radius 2 is 1.95 bits per heavy atom. The molecule has 0 aromatic heterocycles. The van der Waals surface area contributed by atoms with E-state index in [0.717, 1.165) is 18.4 Å². The van der Waals surface area contributed by atoms with Crippen molar-refractivity contribution < 1.29 is 14.3 Å². The molecule has 0 aliphatic carbocycles. The van der Waals surface area contributed by atoms with Gasteiger partial charge in [0.25, 0.3) is 0 Å². The molecule has 0 atom stereocenters. The number of amides is 1. The Labute approximate surface area is 131 Å². The van der Waals surface area contributed by atoms with Gasteiger partial charge in [-0.15, -0.1) is 0 Å². The van der Waals surface area contributed by atoms with Crippen molar-refractivity contribution >= 4 is 17.5 Å². The molecule has 1 aromatic rings. The first-order valence-corrected chi connectivity index (χ1v) is 7.71. The normalized spacial score (nSPS) is 10.6. The van der Waals surface area contributed by atoms with Crippen molar-refractivity contribution in [2.75, 3.05) is 13.7 Å². The highest BCUT2D eigenvalue weighted by molar-refractivity contribution is 6.32. The largest absolute Gasteiger partial charge is 0.493 e. The Hall–Kier alpha value is -1.42. The van der Waals surface area contributed by atoms with Crippen LogP contribution in [0.15, 0.2) is 12.1 Å². The molecule has 118 valence electrons. The summed E-state index contributed by atoms with van der Waals surface area (Å²) in [4.78, 5) is 12.0. The fraction of sp³-hybridized carbons (Fsp3) is 0.562. The molecule has 5 heteroatoms. The first kappa shape index (κ1) is 17.6. The summed E-state index contributed by atoms with van der Waals surface area (Å²) >= 11 is 6.21. The Morgan fingerprint density at radius 3 is 2.48 bits per heavy atom. The summed E-state index contributed by atoms with van der Waals surface area (Å²) < 4.78 is 10.8. The van der Waals surface area contributed by atoms with Crippen LogP contribution in [-0.2, 0) is 11.3 Å². The van der Waals surface area contributed by atoms with Crippen LogP contribution in [0.4, 0.5) is 0 Å². The second kappa shape index (κ2) is 8.78. The van der Waals surface area contributed by atoms with E-state index in [0.29, 0.717) is 29.7 Å². The number of rotatable bonds is 8. The van der Waals surface area contributed by atoms with Crippen molar-refractivity contribution in [3.8, 4) is 11.5 Å². The fourth-order valence-corrected chi connectivity index (χ4v) is 2.44. The minimum absolute atomic E-state index is 0.0602. The molecule has 1 aromatic carbocycles. The van der Waals surface area contributed by atoms with Crippen LogP contribution < -0.4 is 14.8 Å². The summed E-state index contributed by atoms with van der Waals surface area (Å²) in [6, 6.07) is 3.63. The summed E-state index contributed by atoms with van der Waals surface area (Å²) in [6.45, 7) is 6.87. The highest BCUT2D eigenvalue weighted by atomic mass is 35.5. The number of carbonyl (C=O) groups is 1. The lowest BCUT2D eigenvalue weighted by Gasteiger charge is -2.15. The van der Waals surface area contributed by atoms with Crippen LogP contribution in [0, 0.1) is 5.92 Å². The first-order chi connectivity index (χ1) is 10.1. The lowest BCUT2D eigenvalue weighted by atomic mass is 10.0. The minimum atomic E-state index is 0.0602. The van der Waals surface area contributed by atoms with Crippen LogP contribution in [0.25, 0.3) is 0 Å². The van der Waals surface area contributed by atoms with Crippen LogP contribution >= 0.6 is 11.6 Å². The molecule has 4 nitrogen and oxygen atoms in total.